The first kappa shape index (κ1) is 13.8. The van der Waals surface area contributed by atoms with Crippen molar-refractivity contribution in [2.24, 2.45) is 0 Å². The molecule has 0 spiro atoms. The first-order valence-corrected chi connectivity index (χ1v) is 5.65. The summed E-state index contributed by atoms with van der Waals surface area (Å²) in [5, 5.41) is 18.1. The second-order valence-corrected chi connectivity index (χ2v) is 3.74. The average Bonchev–Trinajstić information content (AvgIpc) is 2.38. The van der Waals surface area contributed by atoms with Crippen LogP contribution in [-0.4, -0.2) is 31.3 Å². The zero-order chi connectivity index (χ0) is 13.4. The number of carbonyl (C=O) groups excluding carboxylic acids is 1. The molecule has 1 aromatic carbocycles. The quantitative estimate of drug-likeness (QED) is 0.775. The van der Waals surface area contributed by atoms with E-state index in [0.717, 1.165) is 5.69 Å². The summed E-state index contributed by atoms with van der Waals surface area (Å²) in [5.74, 6) is -0.135. The Balaban J connectivity index is 2.71. The van der Waals surface area contributed by atoms with Crippen LogP contribution in [0, 0.1) is 11.3 Å². The Labute approximate surface area is 106 Å². The molecular formula is C13H16N2O3. The van der Waals surface area contributed by atoms with Gasteiger partial charge in [-0.1, -0.05) is 6.07 Å². The summed E-state index contributed by atoms with van der Waals surface area (Å²) in [5.41, 5.74) is 0.786. The van der Waals surface area contributed by atoms with Crippen LogP contribution in [0.5, 0.6) is 5.75 Å². The smallest absolute Gasteiger partial charge is 0.307 e. The third-order valence-electron chi connectivity index (χ3n) is 2.50. The number of hydrogen-bond acceptors (Lipinski definition) is 5. The van der Waals surface area contributed by atoms with E-state index >= 15 is 0 Å². The van der Waals surface area contributed by atoms with Gasteiger partial charge in [-0.05, 0) is 12.1 Å². The average molecular weight is 248 g/mol. The Morgan fingerprint density at radius 1 is 1.50 bits per heavy atom. The number of hydrogen-bond donors (Lipinski definition) is 1. The number of nitrogens with zero attached hydrogens (tertiary/aromatic N) is 2. The van der Waals surface area contributed by atoms with Crippen LogP contribution in [-0.2, 0) is 9.53 Å². The number of methoxy groups -OCH3 is 1. The number of phenols is 1. The number of carbonyl (C=O) groups is 1. The van der Waals surface area contributed by atoms with E-state index < -0.39 is 0 Å². The van der Waals surface area contributed by atoms with E-state index in [9.17, 15) is 9.90 Å². The molecule has 0 aromatic heterocycles. The molecule has 1 aromatic rings. The standard InChI is InChI=1S/C13H16N2O3/c1-18-13(17)6-9-15(8-3-7-14)11-4-2-5-12(16)10-11/h2,4-5,10,16H,3,6,8-9H2,1H3. The van der Waals surface area contributed by atoms with Gasteiger partial charge in [0.15, 0.2) is 0 Å². The van der Waals surface area contributed by atoms with Crippen molar-refractivity contribution >= 4 is 11.7 Å². The highest BCUT2D eigenvalue weighted by molar-refractivity contribution is 5.70. The van der Waals surface area contributed by atoms with Crippen molar-refractivity contribution in [1.29, 1.82) is 5.26 Å². The molecule has 96 valence electrons. The molecule has 0 saturated heterocycles. The molecule has 0 aliphatic rings. The summed E-state index contributed by atoms with van der Waals surface area (Å²) in [4.78, 5) is 13.0. The van der Waals surface area contributed by atoms with Crippen LogP contribution in [0.3, 0.4) is 0 Å². The molecule has 18 heavy (non-hydrogen) atoms. The molecule has 1 N–H and O–H groups in total. The lowest BCUT2D eigenvalue weighted by Gasteiger charge is -2.23. The van der Waals surface area contributed by atoms with Gasteiger partial charge in [-0.25, -0.2) is 0 Å². The topological polar surface area (TPSA) is 73.6 Å². The first-order valence-electron chi connectivity index (χ1n) is 5.65. The third kappa shape index (κ3) is 4.34. The Hall–Kier alpha value is -2.22. The van der Waals surface area contributed by atoms with E-state index in [1.807, 2.05) is 11.0 Å². The van der Waals surface area contributed by atoms with Crippen molar-refractivity contribution in [2.45, 2.75) is 12.8 Å². The SMILES string of the molecule is COC(=O)CCN(CCC#N)c1cccc(O)c1. The zero-order valence-corrected chi connectivity index (χ0v) is 10.3. The van der Waals surface area contributed by atoms with Gasteiger partial charge in [0.1, 0.15) is 5.75 Å². The number of anilines is 1. The highest BCUT2D eigenvalue weighted by Crippen LogP contribution is 2.20. The fraction of sp³-hybridized carbons (Fsp3) is 0.385. The monoisotopic (exact) mass is 248 g/mol. The molecule has 0 unspecified atom stereocenters. The molecular weight excluding hydrogens is 232 g/mol. The number of aromatic hydroxyl groups is 1. The van der Waals surface area contributed by atoms with Gasteiger partial charge < -0.3 is 14.7 Å². The van der Waals surface area contributed by atoms with Crippen molar-refractivity contribution < 1.29 is 14.6 Å². The van der Waals surface area contributed by atoms with Gasteiger partial charge in [0.05, 0.1) is 26.0 Å². The maximum atomic E-state index is 11.1. The summed E-state index contributed by atoms with van der Waals surface area (Å²) in [7, 11) is 1.34. The normalized spacial score (nSPS) is 9.56. The lowest BCUT2D eigenvalue weighted by molar-refractivity contribution is -0.140. The molecule has 0 saturated carbocycles. The van der Waals surface area contributed by atoms with Gasteiger partial charge >= 0.3 is 5.97 Å². The van der Waals surface area contributed by atoms with E-state index in [4.69, 9.17) is 5.26 Å². The summed E-state index contributed by atoms with van der Waals surface area (Å²) in [6, 6.07) is 8.80. The maximum Gasteiger partial charge on any atom is 0.307 e. The highest BCUT2D eigenvalue weighted by atomic mass is 16.5. The van der Waals surface area contributed by atoms with E-state index in [-0.39, 0.29) is 18.1 Å². The van der Waals surface area contributed by atoms with Crippen molar-refractivity contribution in [1.82, 2.24) is 0 Å². The maximum absolute atomic E-state index is 11.1. The van der Waals surface area contributed by atoms with Crippen LogP contribution in [0.2, 0.25) is 0 Å². The molecule has 0 aliphatic heterocycles. The molecule has 0 radical (unpaired) electrons. The molecule has 5 heteroatoms. The van der Waals surface area contributed by atoms with Crippen molar-refractivity contribution in [3.63, 3.8) is 0 Å². The highest BCUT2D eigenvalue weighted by Gasteiger charge is 2.09. The lowest BCUT2D eigenvalue weighted by atomic mass is 10.2. The van der Waals surface area contributed by atoms with Crippen LogP contribution in [0.4, 0.5) is 5.69 Å². The zero-order valence-electron chi connectivity index (χ0n) is 10.3. The molecule has 0 heterocycles. The summed E-state index contributed by atoms with van der Waals surface area (Å²) in [6.45, 7) is 0.967. The van der Waals surface area contributed by atoms with Gasteiger partial charge in [-0.2, -0.15) is 5.26 Å². The van der Waals surface area contributed by atoms with Crippen molar-refractivity contribution in [3.8, 4) is 11.8 Å². The largest absolute Gasteiger partial charge is 0.508 e. The van der Waals surface area contributed by atoms with Crippen LogP contribution < -0.4 is 4.90 Å². The minimum absolute atomic E-state index is 0.160. The minimum Gasteiger partial charge on any atom is -0.508 e. The van der Waals surface area contributed by atoms with E-state index in [1.54, 1.807) is 18.2 Å². The van der Waals surface area contributed by atoms with Crippen molar-refractivity contribution in [2.75, 3.05) is 25.1 Å². The third-order valence-corrected chi connectivity index (χ3v) is 2.50. The number of phenolic OH excluding ortho intramolecular Hbond substituents is 1. The van der Waals surface area contributed by atoms with Gasteiger partial charge in [0, 0.05) is 24.8 Å². The minimum atomic E-state index is -0.294. The molecule has 0 amide bonds. The van der Waals surface area contributed by atoms with Crippen LogP contribution in [0.1, 0.15) is 12.8 Å². The number of ether oxygens (including phenoxy) is 1. The van der Waals surface area contributed by atoms with Crippen LogP contribution in [0.15, 0.2) is 24.3 Å². The van der Waals surface area contributed by atoms with E-state index in [1.165, 1.54) is 7.11 Å². The summed E-state index contributed by atoms with van der Waals surface area (Å²) < 4.78 is 4.58. The number of benzene rings is 1. The first-order chi connectivity index (χ1) is 8.67. The molecule has 0 atom stereocenters. The molecule has 0 aliphatic carbocycles. The van der Waals surface area contributed by atoms with Crippen LogP contribution in [0.25, 0.3) is 0 Å². The second kappa shape index (κ2) is 7.17. The van der Waals surface area contributed by atoms with Gasteiger partial charge in [-0.3, -0.25) is 4.79 Å². The molecule has 1 rings (SSSR count). The Morgan fingerprint density at radius 3 is 2.89 bits per heavy atom. The Kier molecular flexibility index (Phi) is 5.52. The molecule has 5 nitrogen and oxygen atoms in total. The van der Waals surface area contributed by atoms with E-state index in [2.05, 4.69) is 10.8 Å². The number of rotatable bonds is 6. The van der Waals surface area contributed by atoms with Crippen molar-refractivity contribution in [3.05, 3.63) is 24.3 Å². The Bertz CT molecular complexity index is 440. The predicted molar refractivity (Wildman–Crippen MR) is 67.2 cm³/mol. The predicted octanol–water partition coefficient (Wildman–Crippen LogP) is 1.68. The number of nitriles is 1. The molecule has 0 fully saturated rings. The summed E-state index contributed by atoms with van der Waals surface area (Å²) in [6.07, 6.45) is 0.606. The van der Waals surface area contributed by atoms with Gasteiger partial charge in [0.2, 0.25) is 0 Å². The molecule has 0 bridgehead atoms. The van der Waals surface area contributed by atoms with E-state index in [0.29, 0.717) is 19.5 Å². The fourth-order valence-corrected chi connectivity index (χ4v) is 1.57. The number of esters is 1. The lowest BCUT2D eigenvalue weighted by Crippen LogP contribution is -2.27. The van der Waals surface area contributed by atoms with Crippen LogP contribution >= 0.6 is 0 Å². The fourth-order valence-electron chi connectivity index (χ4n) is 1.57. The summed E-state index contributed by atoms with van der Waals surface area (Å²) >= 11 is 0. The second-order valence-electron chi connectivity index (χ2n) is 3.74. The Morgan fingerprint density at radius 2 is 2.28 bits per heavy atom. The van der Waals surface area contributed by atoms with Gasteiger partial charge in [-0.15, -0.1) is 0 Å². The van der Waals surface area contributed by atoms with Gasteiger partial charge in [0.25, 0.3) is 0 Å².